The first-order valence-corrected chi connectivity index (χ1v) is 6.24. The number of fused-ring (bicyclic) bond motifs is 1. The number of benzene rings is 1. The lowest BCUT2D eigenvalue weighted by atomic mass is 10.2. The standard InChI is InChI=1S/C13H18N4O/c1-2-3-4-7-15-13(18)12-10-8-9(14)5-6-11(10)16-17-12/h5-6,8H,2-4,7,14H2,1H3,(H,15,18)(H,16,17). The quantitative estimate of drug-likeness (QED) is 0.557. The monoisotopic (exact) mass is 246 g/mol. The SMILES string of the molecule is CCCCCNC(=O)c1n[nH]c2ccc(N)cc12. The van der Waals surface area contributed by atoms with Gasteiger partial charge in [-0.05, 0) is 24.6 Å². The fraction of sp³-hybridized carbons (Fsp3) is 0.385. The van der Waals surface area contributed by atoms with Gasteiger partial charge in [-0.15, -0.1) is 0 Å². The maximum absolute atomic E-state index is 12.0. The van der Waals surface area contributed by atoms with Crippen molar-refractivity contribution in [1.82, 2.24) is 15.5 Å². The summed E-state index contributed by atoms with van der Waals surface area (Å²) in [7, 11) is 0. The molecule has 2 rings (SSSR count). The fourth-order valence-electron chi connectivity index (χ4n) is 1.87. The zero-order valence-corrected chi connectivity index (χ0v) is 10.5. The number of amides is 1. The zero-order chi connectivity index (χ0) is 13.0. The molecule has 5 heteroatoms. The molecule has 0 fully saturated rings. The lowest BCUT2D eigenvalue weighted by molar-refractivity contribution is 0.0949. The maximum atomic E-state index is 12.0. The number of hydrogen-bond acceptors (Lipinski definition) is 3. The average molecular weight is 246 g/mol. The fourth-order valence-corrected chi connectivity index (χ4v) is 1.87. The number of aromatic nitrogens is 2. The second kappa shape index (κ2) is 5.53. The number of anilines is 1. The molecule has 0 spiro atoms. The normalized spacial score (nSPS) is 10.7. The molecule has 0 aliphatic carbocycles. The van der Waals surface area contributed by atoms with Crippen molar-refractivity contribution in [3.05, 3.63) is 23.9 Å². The molecular formula is C13H18N4O. The van der Waals surface area contributed by atoms with E-state index in [0.717, 1.165) is 30.2 Å². The van der Waals surface area contributed by atoms with Gasteiger partial charge >= 0.3 is 0 Å². The molecule has 0 aliphatic rings. The van der Waals surface area contributed by atoms with E-state index in [0.29, 0.717) is 17.9 Å². The van der Waals surface area contributed by atoms with Crippen LogP contribution in [0.2, 0.25) is 0 Å². The lowest BCUT2D eigenvalue weighted by Gasteiger charge is -2.02. The highest BCUT2D eigenvalue weighted by Gasteiger charge is 2.13. The van der Waals surface area contributed by atoms with Gasteiger partial charge in [0.2, 0.25) is 0 Å². The smallest absolute Gasteiger partial charge is 0.272 e. The van der Waals surface area contributed by atoms with Crippen LogP contribution < -0.4 is 11.1 Å². The van der Waals surface area contributed by atoms with Gasteiger partial charge in [0.1, 0.15) is 0 Å². The number of nitrogen functional groups attached to an aromatic ring is 1. The van der Waals surface area contributed by atoms with Crippen molar-refractivity contribution >= 4 is 22.5 Å². The zero-order valence-electron chi connectivity index (χ0n) is 10.5. The van der Waals surface area contributed by atoms with Crippen LogP contribution in [0.4, 0.5) is 5.69 Å². The van der Waals surface area contributed by atoms with Crippen LogP contribution in [0.3, 0.4) is 0 Å². The number of unbranched alkanes of at least 4 members (excludes halogenated alkanes) is 2. The van der Waals surface area contributed by atoms with Gasteiger partial charge in [0.25, 0.3) is 5.91 Å². The van der Waals surface area contributed by atoms with Gasteiger partial charge in [-0.3, -0.25) is 9.89 Å². The highest BCUT2D eigenvalue weighted by Crippen LogP contribution is 2.18. The van der Waals surface area contributed by atoms with E-state index in [-0.39, 0.29) is 5.91 Å². The van der Waals surface area contributed by atoms with Gasteiger partial charge in [0.15, 0.2) is 5.69 Å². The third-order valence-corrected chi connectivity index (χ3v) is 2.87. The van der Waals surface area contributed by atoms with Crippen molar-refractivity contribution in [2.75, 3.05) is 12.3 Å². The summed E-state index contributed by atoms with van der Waals surface area (Å²) in [5, 5.41) is 10.5. The first-order valence-electron chi connectivity index (χ1n) is 6.24. The Morgan fingerprint density at radius 3 is 3.06 bits per heavy atom. The number of hydrogen-bond donors (Lipinski definition) is 3. The first-order chi connectivity index (χ1) is 8.72. The summed E-state index contributed by atoms with van der Waals surface area (Å²) in [4.78, 5) is 12.0. The van der Waals surface area contributed by atoms with Crippen LogP contribution >= 0.6 is 0 Å². The van der Waals surface area contributed by atoms with Crippen molar-refractivity contribution in [1.29, 1.82) is 0 Å². The molecule has 1 amide bonds. The number of carbonyl (C=O) groups is 1. The van der Waals surface area contributed by atoms with Gasteiger partial charge < -0.3 is 11.1 Å². The molecule has 1 aromatic carbocycles. The van der Waals surface area contributed by atoms with Crippen LogP contribution in [0.1, 0.15) is 36.7 Å². The van der Waals surface area contributed by atoms with E-state index in [4.69, 9.17) is 5.73 Å². The summed E-state index contributed by atoms with van der Waals surface area (Å²) in [6.45, 7) is 2.81. The number of nitrogens with zero attached hydrogens (tertiary/aromatic N) is 1. The van der Waals surface area contributed by atoms with E-state index in [9.17, 15) is 4.79 Å². The topological polar surface area (TPSA) is 83.8 Å². The molecule has 0 unspecified atom stereocenters. The minimum Gasteiger partial charge on any atom is -0.399 e. The molecule has 18 heavy (non-hydrogen) atoms. The third-order valence-electron chi connectivity index (χ3n) is 2.87. The summed E-state index contributed by atoms with van der Waals surface area (Å²) in [6, 6.07) is 5.37. The van der Waals surface area contributed by atoms with Crippen molar-refractivity contribution in [2.45, 2.75) is 26.2 Å². The molecule has 96 valence electrons. The third kappa shape index (κ3) is 2.61. The molecule has 5 nitrogen and oxygen atoms in total. The van der Waals surface area contributed by atoms with Gasteiger partial charge in [-0.25, -0.2) is 0 Å². The summed E-state index contributed by atoms with van der Waals surface area (Å²) in [6.07, 6.45) is 3.25. The molecule has 1 aromatic heterocycles. The summed E-state index contributed by atoms with van der Waals surface area (Å²) in [5.74, 6) is -0.150. The Kier molecular flexibility index (Phi) is 3.82. The van der Waals surface area contributed by atoms with Gasteiger partial charge in [-0.2, -0.15) is 5.10 Å². The maximum Gasteiger partial charge on any atom is 0.272 e. The minimum absolute atomic E-state index is 0.150. The van der Waals surface area contributed by atoms with E-state index in [2.05, 4.69) is 22.4 Å². The van der Waals surface area contributed by atoms with Crippen molar-refractivity contribution in [3.63, 3.8) is 0 Å². The molecule has 0 saturated carbocycles. The molecule has 2 aromatic rings. The number of nitrogens with one attached hydrogen (secondary N) is 2. The van der Waals surface area contributed by atoms with Crippen molar-refractivity contribution in [3.8, 4) is 0 Å². The molecule has 0 radical (unpaired) electrons. The van der Waals surface area contributed by atoms with E-state index in [1.807, 2.05) is 6.07 Å². The molecule has 0 aliphatic heterocycles. The molecule has 0 saturated heterocycles. The Bertz CT molecular complexity index is 547. The van der Waals surface area contributed by atoms with Crippen molar-refractivity contribution in [2.24, 2.45) is 0 Å². The number of nitrogens with two attached hydrogens (primary N) is 1. The molecular weight excluding hydrogens is 228 g/mol. The first kappa shape index (κ1) is 12.4. The summed E-state index contributed by atoms with van der Waals surface area (Å²) in [5.41, 5.74) is 7.58. The van der Waals surface area contributed by atoms with E-state index in [1.54, 1.807) is 12.1 Å². The van der Waals surface area contributed by atoms with Crippen molar-refractivity contribution < 1.29 is 4.79 Å². The number of H-pyrrole nitrogens is 1. The Morgan fingerprint density at radius 1 is 1.44 bits per heavy atom. The van der Waals surface area contributed by atoms with Crippen LogP contribution in [-0.4, -0.2) is 22.6 Å². The largest absolute Gasteiger partial charge is 0.399 e. The summed E-state index contributed by atoms with van der Waals surface area (Å²) < 4.78 is 0. The lowest BCUT2D eigenvalue weighted by Crippen LogP contribution is -2.24. The van der Waals surface area contributed by atoms with Gasteiger partial charge in [0, 0.05) is 17.6 Å². The summed E-state index contributed by atoms with van der Waals surface area (Å²) >= 11 is 0. The van der Waals surface area contributed by atoms with Crippen LogP contribution in [0.25, 0.3) is 10.9 Å². The Balaban J connectivity index is 2.10. The van der Waals surface area contributed by atoms with Crippen LogP contribution in [0.5, 0.6) is 0 Å². The van der Waals surface area contributed by atoms with E-state index < -0.39 is 0 Å². The average Bonchev–Trinajstić information content (AvgIpc) is 2.77. The predicted octanol–water partition coefficient (Wildman–Crippen LogP) is 2.07. The molecule has 0 bridgehead atoms. The van der Waals surface area contributed by atoms with Crippen LogP contribution in [-0.2, 0) is 0 Å². The molecule has 0 atom stereocenters. The van der Waals surface area contributed by atoms with Gasteiger partial charge in [-0.1, -0.05) is 19.8 Å². The van der Waals surface area contributed by atoms with E-state index >= 15 is 0 Å². The highest BCUT2D eigenvalue weighted by molar-refractivity contribution is 6.05. The van der Waals surface area contributed by atoms with E-state index in [1.165, 1.54) is 0 Å². The molecule has 4 N–H and O–H groups in total. The minimum atomic E-state index is -0.150. The van der Waals surface area contributed by atoms with Crippen LogP contribution in [0.15, 0.2) is 18.2 Å². The Hall–Kier alpha value is -2.04. The Morgan fingerprint density at radius 2 is 2.28 bits per heavy atom. The Labute approximate surface area is 106 Å². The number of aromatic amines is 1. The second-order valence-corrected chi connectivity index (χ2v) is 4.34. The predicted molar refractivity (Wildman–Crippen MR) is 72.4 cm³/mol. The number of rotatable bonds is 5. The van der Waals surface area contributed by atoms with Crippen LogP contribution in [0, 0.1) is 0 Å². The number of carbonyl (C=O) groups excluding carboxylic acids is 1. The molecule has 1 heterocycles. The highest BCUT2D eigenvalue weighted by atomic mass is 16.1. The second-order valence-electron chi connectivity index (χ2n) is 4.34. The van der Waals surface area contributed by atoms with Gasteiger partial charge in [0.05, 0.1) is 5.52 Å².